The standard InChI is InChI=1S/C28H38N4O3/c1-4-8-21(3)30-27(34)23-9-7-16-32(18-23)19-26(33)31-25-11-6-5-10-24(25)28(35)29-17-22-14-12-20(2)13-15-22/h5-6,10-15,21,23H,4,7-9,16-19H2,1-3H3,(H,29,35)(H,30,34)(H,31,33). The second kappa shape index (κ2) is 13.0. The topological polar surface area (TPSA) is 90.5 Å². The van der Waals surface area contributed by atoms with Crippen LogP contribution in [0.25, 0.3) is 0 Å². The van der Waals surface area contributed by atoms with Crippen LogP contribution < -0.4 is 16.0 Å². The van der Waals surface area contributed by atoms with Crippen LogP contribution >= 0.6 is 0 Å². The van der Waals surface area contributed by atoms with Crippen LogP contribution in [-0.2, 0) is 16.1 Å². The minimum Gasteiger partial charge on any atom is -0.353 e. The van der Waals surface area contributed by atoms with E-state index in [2.05, 4.69) is 22.9 Å². The molecule has 0 aliphatic carbocycles. The fourth-order valence-electron chi connectivity index (χ4n) is 4.45. The van der Waals surface area contributed by atoms with Gasteiger partial charge in [-0.1, -0.05) is 55.3 Å². The molecule has 2 aromatic carbocycles. The number of carbonyl (C=O) groups is 3. The predicted molar refractivity (Wildman–Crippen MR) is 139 cm³/mol. The summed E-state index contributed by atoms with van der Waals surface area (Å²) in [5.41, 5.74) is 3.09. The van der Waals surface area contributed by atoms with Crippen LogP contribution in [0, 0.1) is 12.8 Å². The van der Waals surface area contributed by atoms with E-state index in [1.165, 1.54) is 5.56 Å². The molecule has 7 heteroatoms. The highest BCUT2D eigenvalue weighted by atomic mass is 16.2. The molecular weight excluding hydrogens is 440 g/mol. The molecule has 1 aliphatic heterocycles. The maximum Gasteiger partial charge on any atom is 0.253 e. The number of piperidine rings is 1. The van der Waals surface area contributed by atoms with E-state index < -0.39 is 0 Å². The molecule has 188 valence electrons. The van der Waals surface area contributed by atoms with Gasteiger partial charge in [-0.15, -0.1) is 0 Å². The molecule has 2 unspecified atom stereocenters. The first-order valence-corrected chi connectivity index (χ1v) is 12.6. The number of anilines is 1. The number of hydrogen-bond donors (Lipinski definition) is 3. The normalized spacial score (nSPS) is 16.8. The lowest BCUT2D eigenvalue weighted by Crippen LogP contribution is -2.47. The van der Waals surface area contributed by atoms with Crippen molar-refractivity contribution >= 4 is 23.4 Å². The third-order valence-corrected chi connectivity index (χ3v) is 6.37. The molecule has 0 bridgehead atoms. The highest BCUT2D eigenvalue weighted by molar-refractivity contribution is 6.04. The number of nitrogens with one attached hydrogen (secondary N) is 3. The quantitative estimate of drug-likeness (QED) is 0.483. The Labute approximate surface area is 208 Å². The maximum absolute atomic E-state index is 12.8. The average molecular weight is 479 g/mol. The van der Waals surface area contributed by atoms with Gasteiger partial charge in [0.15, 0.2) is 0 Å². The fourth-order valence-corrected chi connectivity index (χ4v) is 4.45. The molecule has 3 amide bonds. The van der Waals surface area contributed by atoms with Gasteiger partial charge in [0.05, 0.1) is 23.7 Å². The highest BCUT2D eigenvalue weighted by Crippen LogP contribution is 2.19. The van der Waals surface area contributed by atoms with Crippen LogP contribution in [-0.4, -0.2) is 48.3 Å². The smallest absolute Gasteiger partial charge is 0.253 e. The molecule has 35 heavy (non-hydrogen) atoms. The summed E-state index contributed by atoms with van der Waals surface area (Å²) in [4.78, 5) is 40.3. The van der Waals surface area contributed by atoms with Gasteiger partial charge in [-0.05, 0) is 57.4 Å². The predicted octanol–water partition coefficient (Wildman–Crippen LogP) is 3.88. The number of hydrogen-bond acceptors (Lipinski definition) is 4. The summed E-state index contributed by atoms with van der Waals surface area (Å²) in [6.07, 6.45) is 3.71. The second-order valence-electron chi connectivity index (χ2n) is 9.53. The monoisotopic (exact) mass is 478 g/mol. The lowest BCUT2D eigenvalue weighted by molar-refractivity contribution is -0.128. The Morgan fingerprint density at radius 2 is 1.83 bits per heavy atom. The minimum absolute atomic E-state index is 0.0756. The summed E-state index contributed by atoms with van der Waals surface area (Å²) in [7, 11) is 0. The minimum atomic E-state index is -0.239. The Morgan fingerprint density at radius 1 is 1.09 bits per heavy atom. The zero-order valence-corrected chi connectivity index (χ0v) is 21.1. The summed E-state index contributed by atoms with van der Waals surface area (Å²) in [6, 6.07) is 15.2. The Balaban J connectivity index is 1.53. The summed E-state index contributed by atoms with van der Waals surface area (Å²) in [6.45, 7) is 8.10. The van der Waals surface area contributed by atoms with Crippen molar-refractivity contribution in [2.75, 3.05) is 25.0 Å². The van der Waals surface area contributed by atoms with Crippen molar-refractivity contribution in [1.82, 2.24) is 15.5 Å². The Kier molecular flexibility index (Phi) is 9.85. The number of amides is 3. The average Bonchev–Trinajstić information content (AvgIpc) is 2.84. The molecule has 0 spiro atoms. The lowest BCUT2D eigenvalue weighted by Gasteiger charge is -2.32. The van der Waals surface area contributed by atoms with Crippen LogP contribution in [0.1, 0.15) is 61.0 Å². The zero-order valence-electron chi connectivity index (χ0n) is 21.1. The van der Waals surface area contributed by atoms with Crippen LogP contribution in [0.2, 0.25) is 0 Å². The van der Waals surface area contributed by atoms with Gasteiger partial charge in [0, 0.05) is 19.1 Å². The van der Waals surface area contributed by atoms with E-state index in [-0.39, 0.29) is 36.2 Å². The van der Waals surface area contributed by atoms with E-state index in [0.29, 0.717) is 24.3 Å². The van der Waals surface area contributed by atoms with Gasteiger partial charge >= 0.3 is 0 Å². The SMILES string of the molecule is CCCC(C)NC(=O)C1CCCN(CC(=O)Nc2ccccc2C(=O)NCc2ccc(C)cc2)C1. The molecule has 7 nitrogen and oxygen atoms in total. The van der Waals surface area contributed by atoms with Crippen molar-refractivity contribution in [2.45, 2.75) is 59.0 Å². The number of nitrogens with zero attached hydrogens (tertiary/aromatic N) is 1. The summed E-state index contributed by atoms with van der Waals surface area (Å²) in [5, 5.41) is 8.92. The third kappa shape index (κ3) is 8.21. The van der Waals surface area contributed by atoms with Crippen molar-refractivity contribution in [3.63, 3.8) is 0 Å². The van der Waals surface area contributed by atoms with Gasteiger partial charge in [0.25, 0.3) is 5.91 Å². The zero-order chi connectivity index (χ0) is 25.2. The van der Waals surface area contributed by atoms with Crippen molar-refractivity contribution < 1.29 is 14.4 Å². The highest BCUT2D eigenvalue weighted by Gasteiger charge is 2.27. The third-order valence-electron chi connectivity index (χ3n) is 6.37. The van der Waals surface area contributed by atoms with E-state index in [9.17, 15) is 14.4 Å². The molecule has 0 radical (unpaired) electrons. The Morgan fingerprint density at radius 3 is 2.57 bits per heavy atom. The van der Waals surface area contributed by atoms with Crippen LogP contribution in [0.15, 0.2) is 48.5 Å². The van der Waals surface area contributed by atoms with Crippen molar-refractivity contribution in [1.29, 1.82) is 0 Å². The molecule has 1 aliphatic rings. The summed E-state index contributed by atoms with van der Waals surface area (Å²) >= 11 is 0. The number of benzene rings is 2. The molecule has 1 heterocycles. The van der Waals surface area contributed by atoms with E-state index in [1.54, 1.807) is 24.3 Å². The van der Waals surface area contributed by atoms with E-state index >= 15 is 0 Å². The van der Waals surface area contributed by atoms with E-state index in [4.69, 9.17) is 0 Å². The summed E-state index contributed by atoms with van der Waals surface area (Å²) < 4.78 is 0. The number of aryl methyl sites for hydroxylation is 1. The van der Waals surface area contributed by atoms with Gasteiger partial charge in [-0.25, -0.2) is 0 Å². The summed E-state index contributed by atoms with van der Waals surface area (Å²) in [5.74, 6) is -0.455. The Hall–Kier alpha value is -3.19. The number of para-hydroxylation sites is 1. The first kappa shape index (κ1) is 26.4. The largest absolute Gasteiger partial charge is 0.353 e. The van der Waals surface area contributed by atoms with Gasteiger partial charge in [0.1, 0.15) is 0 Å². The maximum atomic E-state index is 12.8. The molecule has 0 saturated carbocycles. The van der Waals surface area contributed by atoms with Crippen molar-refractivity contribution in [3.8, 4) is 0 Å². The molecule has 2 aromatic rings. The second-order valence-corrected chi connectivity index (χ2v) is 9.53. The van der Waals surface area contributed by atoms with Gasteiger partial charge in [-0.3, -0.25) is 19.3 Å². The van der Waals surface area contributed by atoms with E-state index in [0.717, 1.165) is 37.8 Å². The molecule has 3 N–H and O–H groups in total. The van der Waals surface area contributed by atoms with Crippen LogP contribution in [0.4, 0.5) is 5.69 Å². The first-order valence-electron chi connectivity index (χ1n) is 12.6. The first-order chi connectivity index (χ1) is 16.9. The van der Waals surface area contributed by atoms with Gasteiger partial charge in [-0.2, -0.15) is 0 Å². The van der Waals surface area contributed by atoms with Gasteiger partial charge in [0.2, 0.25) is 11.8 Å². The van der Waals surface area contributed by atoms with Crippen LogP contribution in [0.3, 0.4) is 0 Å². The van der Waals surface area contributed by atoms with Crippen molar-refractivity contribution in [3.05, 3.63) is 65.2 Å². The lowest BCUT2D eigenvalue weighted by atomic mass is 9.96. The van der Waals surface area contributed by atoms with Crippen molar-refractivity contribution in [2.24, 2.45) is 5.92 Å². The molecule has 2 atom stereocenters. The molecule has 1 fully saturated rings. The van der Waals surface area contributed by atoms with E-state index in [1.807, 2.05) is 43.0 Å². The molecular formula is C28H38N4O3. The fraction of sp³-hybridized carbons (Fsp3) is 0.464. The molecule has 0 aromatic heterocycles. The number of carbonyl (C=O) groups excluding carboxylic acids is 3. The number of rotatable bonds is 10. The Bertz CT molecular complexity index is 1010. The molecule has 3 rings (SSSR count). The molecule has 1 saturated heterocycles. The number of likely N-dealkylation sites (tertiary alicyclic amines) is 1. The van der Waals surface area contributed by atoms with Crippen LogP contribution in [0.5, 0.6) is 0 Å². The van der Waals surface area contributed by atoms with Gasteiger partial charge < -0.3 is 16.0 Å².